The number of hydrogen-bond acceptors (Lipinski definition) is 4. The molecular weight excluding hydrogens is 268 g/mol. The van der Waals surface area contributed by atoms with Gasteiger partial charge in [0.05, 0.1) is 0 Å². The van der Waals surface area contributed by atoms with E-state index in [4.69, 9.17) is 11.2 Å². The number of carbonyl (C=O) groups excluding carboxylic acids is 2. The molecule has 110 valence electrons. The molecule has 0 unspecified atom stereocenters. The van der Waals surface area contributed by atoms with Crippen LogP contribution in [-0.4, -0.2) is 49.6 Å². The molecular formula is C16H18N2O3. The van der Waals surface area contributed by atoms with Crippen LogP contribution in [0.5, 0.6) is 0 Å². The molecule has 0 aromatic heterocycles. The van der Waals surface area contributed by atoms with Gasteiger partial charge in [-0.05, 0) is 31.2 Å². The predicted octanol–water partition coefficient (Wildman–Crippen LogP) is 1.78. The zero-order valence-corrected chi connectivity index (χ0v) is 12.0. The number of ether oxygens (including phenoxy) is 1. The third-order valence-electron chi connectivity index (χ3n) is 3.46. The van der Waals surface area contributed by atoms with Crippen molar-refractivity contribution in [2.75, 3.05) is 37.7 Å². The number of carbonyl (C=O) groups is 2. The molecule has 1 aliphatic heterocycles. The van der Waals surface area contributed by atoms with Crippen molar-refractivity contribution >= 4 is 17.6 Å². The van der Waals surface area contributed by atoms with E-state index in [1.54, 1.807) is 11.8 Å². The van der Waals surface area contributed by atoms with Crippen molar-refractivity contribution < 1.29 is 14.3 Å². The first-order chi connectivity index (χ1) is 10.1. The Kier molecular flexibility index (Phi) is 4.83. The lowest BCUT2D eigenvalue weighted by Gasteiger charge is -2.35. The second-order valence-electron chi connectivity index (χ2n) is 4.84. The first-order valence-corrected chi connectivity index (χ1v) is 6.83. The van der Waals surface area contributed by atoms with E-state index in [2.05, 4.69) is 10.8 Å². The lowest BCUT2D eigenvalue weighted by atomic mass is 10.1. The zero-order chi connectivity index (χ0) is 15.2. The van der Waals surface area contributed by atoms with Gasteiger partial charge in [-0.1, -0.05) is 5.92 Å². The molecule has 1 aliphatic rings. The highest BCUT2D eigenvalue weighted by atomic mass is 16.6. The quantitative estimate of drug-likeness (QED) is 0.628. The highest BCUT2D eigenvalue weighted by Crippen LogP contribution is 2.17. The van der Waals surface area contributed by atoms with E-state index in [-0.39, 0.29) is 18.5 Å². The number of Topliss-reactive ketones (excluding diaryl/α,β-unsaturated/α-hetero) is 1. The number of ketones is 1. The standard InChI is InChI=1S/C16H18N2O3/c1-3-12-21-16(20)18-10-8-17(9-11-18)15-6-4-14(5-7-15)13(2)19/h1,4-7H,8-12H2,2H3. The summed E-state index contributed by atoms with van der Waals surface area (Å²) < 4.78 is 4.91. The van der Waals surface area contributed by atoms with E-state index in [0.29, 0.717) is 18.7 Å². The Morgan fingerprint density at radius 2 is 1.81 bits per heavy atom. The highest BCUT2D eigenvalue weighted by Gasteiger charge is 2.22. The largest absolute Gasteiger partial charge is 0.436 e. The summed E-state index contributed by atoms with van der Waals surface area (Å²) in [7, 11) is 0. The molecule has 1 heterocycles. The fourth-order valence-corrected chi connectivity index (χ4v) is 2.25. The third-order valence-corrected chi connectivity index (χ3v) is 3.46. The van der Waals surface area contributed by atoms with Crippen LogP contribution in [0.25, 0.3) is 0 Å². The van der Waals surface area contributed by atoms with Gasteiger partial charge in [-0.25, -0.2) is 4.79 Å². The Morgan fingerprint density at radius 1 is 1.19 bits per heavy atom. The number of anilines is 1. The second-order valence-corrected chi connectivity index (χ2v) is 4.84. The van der Waals surface area contributed by atoms with E-state index < -0.39 is 0 Å². The van der Waals surface area contributed by atoms with Crippen molar-refractivity contribution in [3.05, 3.63) is 29.8 Å². The second kappa shape index (κ2) is 6.80. The number of piperazine rings is 1. The molecule has 0 saturated carbocycles. The average molecular weight is 286 g/mol. The SMILES string of the molecule is C#CCOC(=O)N1CCN(c2ccc(C(C)=O)cc2)CC1. The van der Waals surface area contributed by atoms with Gasteiger partial charge < -0.3 is 14.5 Å². The van der Waals surface area contributed by atoms with Gasteiger partial charge in [-0.3, -0.25) is 4.79 Å². The number of hydrogen-bond donors (Lipinski definition) is 0. The monoisotopic (exact) mass is 286 g/mol. The van der Waals surface area contributed by atoms with Crippen molar-refractivity contribution in [2.24, 2.45) is 0 Å². The van der Waals surface area contributed by atoms with Crippen molar-refractivity contribution in [3.8, 4) is 12.3 Å². The molecule has 1 fully saturated rings. The molecule has 0 radical (unpaired) electrons. The Hall–Kier alpha value is -2.48. The minimum atomic E-state index is -0.362. The molecule has 5 heteroatoms. The first kappa shape index (κ1) is 14.9. The molecule has 0 spiro atoms. The molecule has 2 rings (SSSR count). The topological polar surface area (TPSA) is 49.9 Å². The van der Waals surface area contributed by atoms with E-state index in [9.17, 15) is 9.59 Å². The molecule has 0 N–H and O–H groups in total. The van der Waals surface area contributed by atoms with Gasteiger partial charge in [-0.2, -0.15) is 0 Å². The van der Waals surface area contributed by atoms with E-state index in [0.717, 1.165) is 18.8 Å². The summed E-state index contributed by atoms with van der Waals surface area (Å²) in [5, 5.41) is 0. The van der Waals surface area contributed by atoms with Crippen LogP contribution >= 0.6 is 0 Å². The van der Waals surface area contributed by atoms with Crippen LogP contribution in [0.1, 0.15) is 17.3 Å². The summed E-state index contributed by atoms with van der Waals surface area (Å²) >= 11 is 0. The minimum absolute atomic E-state index is 0.00551. The van der Waals surface area contributed by atoms with Crippen molar-refractivity contribution in [2.45, 2.75) is 6.92 Å². The summed E-state index contributed by atoms with van der Waals surface area (Å²) in [6, 6.07) is 7.52. The Labute approximate surface area is 124 Å². The van der Waals surface area contributed by atoms with Crippen LogP contribution < -0.4 is 4.90 Å². The third kappa shape index (κ3) is 3.76. The maximum atomic E-state index is 11.7. The fraction of sp³-hybridized carbons (Fsp3) is 0.375. The fourth-order valence-electron chi connectivity index (χ4n) is 2.25. The molecule has 5 nitrogen and oxygen atoms in total. The molecule has 0 aliphatic carbocycles. The molecule has 1 amide bonds. The Bertz CT molecular complexity index is 552. The average Bonchev–Trinajstić information content (AvgIpc) is 2.53. The van der Waals surface area contributed by atoms with Crippen LogP contribution in [0, 0.1) is 12.3 Å². The zero-order valence-electron chi connectivity index (χ0n) is 12.0. The summed E-state index contributed by atoms with van der Waals surface area (Å²) in [4.78, 5) is 26.7. The lowest BCUT2D eigenvalue weighted by molar-refractivity contribution is 0.101. The lowest BCUT2D eigenvalue weighted by Crippen LogP contribution is -2.49. The molecule has 0 bridgehead atoms. The van der Waals surface area contributed by atoms with Crippen molar-refractivity contribution in [1.29, 1.82) is 0 Å². The van der Waals surface area contributed by atoms with Crippen molar-refractivity contribution in [3.63, 3.8) is 0 Å². The van der Waals surface area contributed by atoms with Crippen LogP contribution in [0.15, 0.2) is 24.3 Å². The molecule has 1 aromatic carbocycles. The van der Waals surface area contributed by atoms with Crippen LogP contribution in [-0.2, 0) is 4.74 Å². The smallest absolute Gasteiger partial charge is 0.410 e. The van der Waals surface area contributed by atoms with Gasteiger partial charge in [0.2, 0.25) is 0 Å². The molecule has 0 atom stereocenters. The Morgan fingerprint density at radius 3 is 2.33 bits per heavy atom. The Balaban J connectivity index is 1.90. The van der Waals surface area contributed by atoms with Crippen molar-refractivity contribution in [1.82, 2.24) is 4.90 Å². The maximum Gasteiger partial charge on any atom is 0.410 e. The van der Waals surface area contributed by atoms with E-state index >= 15 is 0 Å². The highest BCUT2D eigenvalue weighted by molar-refractivity contribution is 5.94. The van der Waals surface area contributed by atoms with Crippen LogP contribution in [0.4, 0.5) is 10.5 Å². The molecule has 1 aromatic rings. The van der Waals surface area contributed by atoms with E-state index in [1.165, 1.54) is 0 Å². The predicted molar refractivity (Wildman–Crippen MR) is 80.4 cm³/mol. The molecule has 21 heavy (non-hydrogen) atoms. The normalized spacial score (nSPS) is 14.5. The van der Waals surface area contributed by atoms with Gasteiger partial charge in [0.25, 0.3) is 0 Å². The maximum absolute atomic E-state index is 11.7. The van der Waals surface area contributed by atoms with Gasteiger partial charge in [0.15, 0.2) is 12.4 Å². The van der Waals surface area contributed by atoms with Gasteiger partial charge in [0, 0.05) is 37.4 Å². The summed E-state index contributed by atoms with van der Waals surface area (Å²) in [6.07, 6.45) is 4.70. The number of nitrogens with zero attached hydrogens (tertiary/aromatic N) is 2. The van der Waals surface area contributed by atoms with Crippen LogP contribution in [0.2, 0.25) is 0 Å². The number of terminal acetylenes is 1. The van der Waals surface area contributed by atoms with Gasteiger partial charge in [-0.15, -0.1) is 6.42 Å². The number of amides is 1. The minimum Gasteiger partial charge on any atom is -0.436 e. The number of rotatable bonds is 3. The molecule has 1 saturated heterocycles. The van der Waals surface area contributed by atoms with Crippen LogP contribution in [0.3, 0.4) is 0 Å². The van der Waals surface area contributed by atoms with E-state index in [1.807, 2.05) is 24.3 Å². The summed E-state index contributed by atoms with van der Waals surface area (Å²) in [6.45, 7) is 4.20. The summed E-state index contributed by atoms with van der Waals surface area (Å²) in [5.74, 6) is 2.34. The number of benzene rings is 1. The first-order valence-electron chi connectivity index (χ1n) is 6.83. The van der Waals surface area contributed by atoms with Gasteiger partial charge in [0.1, 0.15) is 0 Å². The van der Waals surface area contributed by atoms with Gasteiger partial charge >= 0.3 is 6.09 Å². The summed E-state index contributed by atoms with van der Waals surface area (Å²) in [5.41, 5.74) is 1.76.